The van der Waals surface area contributed by atoms with Crippen molar-refractivity contribution >= 4 is 5.97 Å². The van der Waals surface area contributed by atoms with Crippen LogP contribution in [0.1, 0.15) is 20.3 Å². The molecule has 4 heteroatoms. The van der Waals surface area contributed by atoms with E-state index in [0.717, 1.165) is 0 Å². The van der Waals surface area contributed by atoms with E-state index >= 15 is 0 Å². The minimum absolute atomic E-state index is 0.355. The van der Waals surface area contributed by atoms with Gasteiger partial charge in [-0.2, -0.15) is 5.11 Å². The van der Waals surface area contributed by atoms with Crippen molar-refractivity contribution in [2.75, 3.05) is 7.11 Å². The second-order valence-electron chi connectivity index (χ2n) is 2.80. The Balaban J connectivity index is 3.95. The molecule has 0 radical (unpaired) electrons. The van der Waals surface area contributed by atoms with E-state index in [2.05, 4.69) is 9.85 Å². The highest BCUT2D eigenvalue weighted by Gasteiger charge is 2.18. The van der Waals surface area contributed by atoms with Crippen LogP contribution in [0, 0.1) is 11.4 Å². The van der Waals surface area contributed by atoms with Crippen molar-refractivity contribution < 1.29 is 9.53 Å². The van der Waals surface area contributed by atoms with Crippen molar-refractivity contribution in [1.29, 1.82) is 5.53 Å². The van der Waals surface area contributed by atoms with Crippen LogP contribution in [0.5, 0.6) is 0 Å². The largest absolute Gasteiger partial charge is 0.467 e. The molecule has 0 spiro atoms. The Morgan fingerprint density at radius 3 is 2.45 bits per heavy atom. The van der Waals surface area contributed by atoms with Crippen LogP contribution >= 0.6 is 0 Å². The summed E-state index contributed by atoms with van der Waals surface area (Å²) in [5.41, 5.74) is 6.71. The highest BCUT2D eigenvalue weighted by Crippen LogP contribution is 2.08. The van der Waals surface area contributed by atoms with Crippen molar-refractivity contribution in [3.63, 3.8) is 0 Å². The number of methoxy groups -OCH3 is 1. The van der Waals surface area contributed by atoms with Gasteiger partial charge in [0.2, 0.25) is 0 Å². The van der Waals surface area contributed by atoms with E-state index in [0.29, 0.717) is 12.3 Å². The molecule has 0 aliphatic heterocycles. The minimum Gasteiger partial charge on any atom is -0.467 e. The second-order valence-corrected chi connectivity index (χ2v) is 2.80. The van der Waals surface area contributed by atoms with Crippen LogP contribution in [0.4, 0.5) is 0 Å². The summed E-state index contributed by atoms with van der Waals surface area (Å²) in [5, 5.41) is 3.17. The molecule has 0 amide bonds. The average Bonchev–Trinajstić information content (AvgIpc) is 1.98. The summed E-state index contributed by atoms with van der Waals surface area (Å²) >= 11 is 0. The molecule has 0 aliphatic carbocycles. The quantitative estimate of drug-likeness (QED) is 0.499. The summed E-state index contributed by atoms with van der Waals surface area (Å²) in [6.07, 6.45) is 0.580. The number of ether oxygens (including phenoxy) is 1. The third kappa shape index (κ3) is 3.70. The van der Waals surface area contributed by atoms with Gasteiger partial charge < -0.3 is 4.74 Å². The van der Waals surface area contributed by atoms with Crippen LogP contribution in [0.3, 0.4) is 0 Å². The molecule has 0 aliphatic rings. The average molecular weight is 158 g/mol. The molecule has 1 N–H and O–H groups in total. The summed E-state index contributed by atoms with van der Waals surface area (Å²) in [6, 6.07) is -0.611. The Bertz CT molecular complexity index is 145. The topological polar surface area (TPSA) is 62.5 Å². The first-order valence-corrected chi connectivity index (χ1v) is 3.56. The lowest BCUT2D eigenvalue weighted by Crippen LogP contribution is -2.21. The number of hydrogen-bond donors (Lipinski definition) is 1. The summed E-state index contributed by atoms with van der Waals surface area (Å²) in [7, 11) is 1.31. The van der Waals surface area contributed by atoms with Crippen molar-refractivity contribution in [3.8, 4) is 0 Å². The van der Waals surface area contributed by atoms with Crippen molar-refractivity contribution in [1.82, 2.24) is 0 Å². The maximum absolute atomic E-state index is 10.8. The third-order valence-corrected chi connectivity index (χ3v) is 1.32. The van der Waals surface area contributed by atoms with Gasteiger partial charge in [-0.25, -0.2) is 10.3 Å². The first-order valence-electron chi connectivity index (χ1n) is 3.56. The Morgan fingerprint density at radius 2 is 2.18 bits per heavy atom. The number of carbonyl (C=O) groups is 1. The number of nitrogens with one attached hydrogen (secondary N) is 1. The fourth-order valence-electron chi connectivity index (χ4n) is 0.784. The Hall–Kier alpha value is -0.930. The zero-order chi connectivity index (χ0) is 8.85. The van der Waals surface area contributed by atoms with Crippen LogP contribution < -0.4 is 0 Å². The maximum Gasteiger partial charge on any atom is 0.332 e. The molecule has 0 unspecified atom stereocenters. The van der Waals surface area contributed by atoms with Gasteiger partial charge >= 0.3 is 5.97 Å². The zero-order valence-corrected chi connectivity index (χ0v) is 7.13. The van der Waals surface area contributed by atoms with Gasteiger partial charge in [0.05, 0.1) is 7.11 Å². The van der Waals surface area contributed by atoms with Crippen LogP contribution in [0.2, 0.25) is 0 Å². The molecular weight excluding hydrogens is 144 g/mol. The lowest BCUT2D eigenvalue weighted by atomic mass is 10.1. The smallest absolute Gasteiger partial charge is 0.332 e. The van der Waals surface area contributed by atoms with Crippen molar-refractivity contribution in [2.45, 2.75) is 26.3 Å². The molecule has 0 bridgehead atoms. The summed E-state index contributed by atoms with van der Waals surface area (Å²) in [6.45, 7) is 3.95. The van der Waals surface area contributed by atoms with E-state index < -0.39 is 12.0 Å². The Morgan fingerprint density at radius 1 is 1.64 bits per heavy atom. The van der Waals surface area contributed by atoms with Crippen LogP contribution in [0.25, 0.3) is 0 Å². The maximum atomic E-state index is 10.8. The Kier molecular flexibility index (Phi) is 4.41. The molecule has 4 nitrogen and oxygen atoms in total. The molecule has 0 aromatic rings. The van der Waals surface area contributed by atoms with Gasteiger partial charge in [0.25, 0.3) is 0 Å². The zero-order valence-electron chi connectivity index (χ0n) is 7.13. The molecule has 0 heterocycles. The molecule has 0 saturated heterocycles. The van der Waals surface area contributed by atoms with Gasteiger partial charge in [-0.05, 0) is 12.3 Å². The van der Waals surface area contributed by atoms with Gasteiger partial charge in [0, 0.05) is 0 Å². The minimum atomic E-state index is -0.611. The number of rotatable bonds is 4. The van der Waals surface area contributed by atoms with Crippen LogP contribution in [-0.4, -0.2) is 19.1 Å². The van der Waals surface area contributed by atoms with E-state index in [1.165, 1.54) is 7.11 Å². The first-order chi connectivity index (χ1) is 5.11. The van der Waals surface area contributed by atoms with Crippen LogP contribution in [0.15, 0.2) is 5.11 Å². The standard InChI is InChI=1S/C7H14N2O2/c1-5(2)4-6(9-8)7(10)11-3/h5-6,8H,4H2,1-3H3/t6-/m0/s1. The molecule has 0 saturated carbocycles. The highest BCUT2D eigenvalue weighted by molar-refractivity contribution is 5.75. The molecule has 0 rings (SSSR count). The first kappa shape index (κ1) is 10.1. The van der Waals surface area contributed by atoms with Gasteiger partial charge in [-0.1, -0.05) is 13.8 Å². The molecule has 1 atom stereocenters. The lowest BCUT2D eigenvalue weighted by Gasteiger charge is -2.09. The second kappa shape index (κ2) is 4.82. The van der Waals surface area contributed by atoms with E-state index in [1.807, 2.05) is 13.8 Å². The molecule has 0 aromatic heterocycles. The number of hydrogen-bond acceptors (Lipinski definition) is 4. The predicted molar refractivity (Wildman–Crippen MR) is 40.4 cm³/mol. The number of nitrogens with zero attached hydrogens (tertiary/aromatic N) is 1. The fourth-order valence-corrected chi connectivity index (χ4v) is 0.784. The summed E-state index contributed by atoms with van der Waals surface area (Å²) in [5.74, 6) is -0.0677. The third-order valence-electron chi connectivity index (χ3n) is 1.32. The molecule has 0 aromatic carbocycles. The predicted octanol–water partition coefficient (Wildman–Crippen LogP) is 1.61. The molecular formula is C7H14N2O2. The highest BCUT2D eigenvalue weighted by atomic mass is 16.5. The fraction of sp³-hybridized carbons (Fsp3) is 0.857. The van der Waals surface area contributed by atoms with Crippen molar-refractivity contribution in [2.24, 2.45) is 11.0 Å². The lowest BCUT2D eigenvalue weighted by molar-refractivity contribution is -0.142. The van der Waals surface area contributed by atoms with E-state index in [4.69, 9.17) is 5.53 Å². The molecule has 64 valence electrons. The van der Waals surface area contributed by atoms with Gasteiger partial charge in [0.15, 0.2) is 6.04 Å². The van der Waals surface area contributed by atoms with Gasteiger partial charge in [-0.15, -0.1) is 0 Å². The van der Waals surface area contributed by atoms with E-state index in [-0.39, 0.29) is 0 Å². The number of esters is 1. The number of carbonyl (C=O) groups excluding carboxylic acids is 1. The van der Waals surface area contributed by atoms with Crippen LogP contribution in [-0.2, 0) is 9.53 Å². The van der Waals surface area contributed by atoms with Gasteiger partial charge in [-0.3, -0.25) is 0 Å². The Labute approximate surface area is 66.4 Å². The summed E-state index contributed by atoms with van der Waals surface area (Å²) in [4.78, 5) is 10.8. The van der Waals surface area contributed by atoms with Crippen molar-refractivity contribution in [3.05, 3.63) is 0 Å². The molecule has 0 fully saturated rings. The molecule has 11 heavy (non-hydrogen) atoms. The normalized spacial score (nSPS) is 12.7. The summed E-state index contributed by atoms with van der Waals surface area (Å²) < 4.78 is 4.45. The SMILES string of the molecule is COC(=O)[C@H](CC(C)C)N=N. The van der Waals surface area contributed by atoms with E-state index in [1.54, 1.807) is 0 Å². The van der Waals surface area contributed by atoms with Gasteiger partial charge in [0.1, 0.15) is 0 Å². The monoisotopic (exact) mass is 158 g/mol. The van der Waals surface area contributed by atoms with E-state index in [9.17, 15) is 4.79 Å².